The SMILES string of the molecule is Cc1ccc(C(O)c2ccc(Br)cc2F)c(C)c1. The Morgan fingerprint density at radius 1 is 1.06 bits per heavy atom. The smallest absolute Gasteiger partial charge is 0.130 e. The summed E-state index contributed by atoms with van der Waals surface area (Å²) in [6.45, 7) is 3.91. The Morgan fingerprint density at radius 2 is 1.72 bits per heavy atom. The van der Waals surface area contributed by atoms with Crippen LogP contribution >= 0.6 is 15.9 Å². The molecule has 0 heterocycles. The fourth-order valence-electron chi connectivity index (χ4n) is 2.02. The molecule has 0 aliphatic rings. The predicted molar refractivity (Wildman–Crippen MR) is 74.1 cm³/mol. The highest BCUT2D eigenvalue weighted by atomic mass is 79.9. The Balaban J connectivity index is 2.44. The van der Waals surface area contributed by atoms with E-state index in [1.807, 2.05) is 32.0 Å². The van der Waals surface area contributed by atoms with Crippen LogP contribution in [0.4, 0.5) is 4.39 Å². The molecule has 2 rings (SSSR count). The van der Waals surface area contributed by atoms with Crippen molar-refractivity contribution in [3.8, 4) is 0 Å². The minimum Gasteiger partial charge on any atom is -0.384 e. The Kier molecular flexibility index (Phi) is 3.83. The molecule has 0 radical (unpaired) electrons. The van der Waals surface area contributed by atoms with Crippen LogP contribution in [-0.4, -0.2) is 5.11 Å². The fraction of sp³-hybridized carbons (Fsp3) is 0.200. The summed E-state index contributed by atoms with van der Waals surface area (Å²) in [5, 5.41) is 10.3. The lowest BCUT2D eigenvalue weighted by Gasteiger charge is -2.15. The number of aliphatic hydroxyl groups is 1. The van der Waals surface area contributed by atoms with Crippen molar-refractivity contribution in [2.45, 2.75) is 20.0 Å². The Labute approximate surface area is 114 Å². The number of benzene rings is 2. The number of aliphatic hydroxyl groups excluding tert-OH is 1. The summed E-state index contributed by atoms with van der Waals surface area (Å²) in [7, 11) is 0. The summed E-state index contributed by atoms with van der Waals surface area (Å²) in [4.78, 5) is 0. The number of hydrogen-bond donors (Lipinski definition) is 1. The van der Waals surface area contributed by atoms with Gasteiger partial charge in [0.2, 0.25) is 0 Å². The number of hydrogen-bond acceptors (Lipinski definition) is 1. The monoisotopic (exact) mass is 308 g/mol. The molecule has 0 saturated carbocycles. The topological polar surface area (TPSA) is 20.2 Å². The maximum absolute atomic E-state index is 13.8. The lowest BCUT2D eigenvalue weighted by atomic mass is 9.96. The van der Waals surface area contributed by atoms with Gasteiger partial charge in [-0.2, -0.15) is 0 Å². The summed E-state index contributed by atoms with van der Waals surface area (Å²) in [6.07, 6.45) is -0.932. The van der Waals surface area contributed by atoms with Crippen molar-refractivity contribution in [1.29, 1.82) is 0 Å². The lowest BCUT2D eigenvalue weighted by Crippen LogP contribution is -2.04. The molecule has 2 aromatic rings. The van der Waals surface area contributed by atoms with Gasteiger partial charge in [0.1, 0.15) is 11.9 Å². The molecular weight excluding hydrogens is 295 g/mol. The van der Waals surface area contributed by atoms with Crippen LogP contribution in [0.25, 0.3) is 0 Å². The van der Waals surface area contributed by atoms with Crippen molar-refractivity contribution >= 4 is 15.9 Å². The van der Waals surface area contributed by atoms with E-state index in [2.05, 4.69) is 15.9 Å². The molecule has 0 bridgehead atoms. The second-order valence-electron chi connectivity index (χ2n) is 4.43. The van der Waals surface area contributed by atoms with Gasteiger partial charge in [0.25, 0.3) is 0 Å². The van der Waals surface area contributed by atoms with Gasteiger partial charge in [-0.05, 0) is 37.1 Å². The molecule has 0 fully saturated rings. The number of rotatable bonds is 2. The van der Waals surface area contributed by atoms with Gasteiger partial charge in [0.15, 0.2) is 0 Å². The van der Waals surface area contributed by atoms with Gasteiger partial charge in [-0.3, -0.25) is 0 Å². The van der Waals surface area contributed by atoms with Crippen LogP contribution in [0, 0.1) is 19.7 Å². The molecule has 0 saturated heterocycles. The molecule has 2 aromatic carbocycles. The Hall–Kier alpha value is -1.19. The molecule has 0 aromatic heterocycles. The highest BCUT2D eigenvalue weighted by Gasteiger charge is 2.16. The lowest BCUT2D eigenvalue weighted by molar-refractivity contribution is 0.214. The second kappa shape index (κ2) is 5.21. The first-order valence-electron chi connectivity index (χ1n) is 5.69. The van der Waals surface area contributed by atoms with Crippen LogP contribution in [-0.2, 0) is 0 Å². The molecule has 1 N–H and O–H groups in total. The Bertz CT molecular complexity index is 529. The molecule has 18 heavy (non-hydrogen) atoms. The van der Waals surface area contributed by atoms with Crippen molar-refractivity contribution < 1.29 is 9.50 Å². The number of aryl methyl sites for hydroxylation is 2. The van der Waals surface area contributed by atoms with Crippen molar-refractivity contribution in [1.82, 2.24) is 0 Å². The van der Waals surface area contributed by atoms with E-state index in [1.165, 1.54) is 6.07 Å². The summed E-state index contributed by atoms with van der Waals surface area (Å²) in [5.41, 5.74) is 3.12. The molecule has 0 spiro atoms. The first-order chi connectivity index (χ1) is 8.49. The third-order valence-electron chi connectivity index (χ3n) is 2.98. The minimum atomic E-state index is -0.932. The molecule has 1 nitrogen and oxygen atoms in total. The summed E-state index contributed by atoms with van der Waals surface area (Å²) >= 11 is 3.20. The second-order valence-corrected chi connectivity index (χ2v) is 5.34. The van der Waals surface area contributed by atoms with Gasteiger partial charge in [0.05, 0.1) is 0 Å². The first-order valence-corrected chi connectivity index (χ1v) is 6.48. The van der Waals surface area contributed by atoms with E-state index in [4.69, 9.17) is 0 Å². The van der Waals surface area contributed by atoms with Crippen molar-refractivity contribution in [2.24, 2.45) is 0 Å². The summed E-state index contributed by atoms with van der Waals surface area (Å²) < 4.78 is 14.5. The average Bonchev–Trinajstić information content (AvgIpc) is 2.28. The largest absolute Gasteiger partial charge is 0.384 e. The van der Waals surface area contributed by atoms with E-state index in [1.54, 1.807) is 12.1 Å². The van der Waals surface area contributed by atoms with E-state index >= 15 is 0 Å². The maximum Gasteiger partial charge on any atom is 0.130 e. The summed E-state index contributed by atoms with van der Waals surface area (Å²) in [6, 6.07) is 10.4. The van der Waals surface area contributed by atoms with Crippen molar-refractivity contribution in [2.75, 3.05) is 0 Å². The highest BCUT2D eigenvalue weighted by Crippen LogP contribution is 2.28. The quantitative estimate of drug-likeness (QED) is 0.877. The van der Waals surface area contributed by atoms with E-state index < -0.39 is 11.9 Å². The van der Waals surface area contributed by atoms with Crippen molar-refractivity contribution in [3.63, 3.8) is 0 Å². The molecule has 1 atom stereocenters. The van der Waals surface area contributed by atoms with Gasteiger partial charge >= 0.3 is 0 Å². The predicted octanol–water partition coefficient (Wildman–Crippen LogP) is 4.29. The molecule has 0 amide bonds. The van der Waals surface area contributed by atoms with E-state index in [0.717, 1.165) is 16.7 Å². The minimum absolute atomic E-state index is 0.296. The van der Waals surface area contributed by atoms with Gasteiger partial charge in [-0.1, -0.05) is 45.8 Å². The summed E-state index contributed by atoms with van der Waals surface area (Å²) in [5.74, 6) is -0.406. The number of halogens is 2. The molecule has 0 aliphatic heterocycles. The van der Waals surface area contributed by atoms with Crippen LogP contribution in [0.3, 0.4) is 0 Å². The molecule has 3 heteroatoms. The molecule has 94 valence electrons. The maximum atomic E-state index is 13.8. The molecular formula is C15H14BrFO. The van der Waals surface area contributed by atoms with E-state index in [0.29, 0.717) is 10.0 Å². The standard InChI is InChI=1S/C15H14BrFO/c1-9-3-5-12(10(2)7-9)15(18)13-6-4-11(16)8-14(13)17/h3-8,15,18H,1-2H3. The zero-order valence-electron chi connectivity index (χ0n) is 10.2. The van der Waals surface area contributed by atoms with E-state index in [9.17, 15) is 9.50 Å². The highest BCUT2D eigenvalue weighted by molar-refractivity contribution is 9.10. The van der Waals surface area contributed by atoms with Crippen LogP contribution in [0.5, 0.6) is 0 Å². The van der Waals surface area contributed by atoms with E-state index in [-0.39, 0.29) is 0 Å². The van der Waals surface area contributed by atoms with Crippen LogP contribution in [0.1, 0.15) is 28.4 Å². The van der Waals surface area contributed by atoms with Gasteiger partial charge in [-0.25, -0.2) is 4.39 Å². The fourth-order valence-corrected chi connectivity index (χ4v) is 2.36. The van der Waals surface area contributed by atoms with Gasteiger partial charge in [0, 0.05) is 10.0 Å². The first kappa shape index (κ1) is 13.2. The zero-order valence-corrected chi connectivity index (χ0v) is 11.8. The normalized spacial score (nSPS) is 12.5. The van der Waals surface area contributed by atoms with Gasteiger partial charge in [-0.15, -0.1) is 0 Å². The third-order valence-corrected chi connectivity index (χ3v) is 3.47. The van der Waals surface area contributed by atoms with Crippen LogP contribution in [0.15, 0.2) is 40.9 Å². The van der Waals surface area contributed by atoms with Crippen molar-refractivity contribution in [3.05, 3.63) is 68.9 Å². The molecule has 0 aliphatic carbocycles. The van der Waals surface area contributed by atoms with Crippen LogP contribution in [0.2, 0.25) is 0 Å². The average molecular weight is 309 g/mol. The van der Waals surface area contributed by atoms with Gasteiger partial charge < -0.3 is 5.11 Å². The Morgan fingerprint density at radius 3 is 2.33 bits per heavy atom. The van der Waals surface area contributed by atoms with Crippen LogP contribution < -0.4 is 0 Å². The molecule has 1 unspecified atom stereocenters. The third kappa shape index (κ3) is 2.62. The zero-order chi connectivity index (χ0) is 13.3.